The van der Waals surface area contributed by atoms with Gasteiger partial charge in [0, 0.05) is 6.42 Å². The van der Waals surface area contributed by atoms with Crippen LogP contribution < -0.4 is 5.32 Å². The van der Waals surface area contributed by atoms with Gasteiger partial charge in [0.15, 0.2) is 0 Å². The third-order valence-corrected chi connectivity index (χ3v) is 1.47. The fourth-order valence-corrected chi connectivity index (χ4v) is 0.881. The van der Waals surface area contributed by atoms with Crippen molar-refractivity contribution in [2.75, 3.05) is 0 Å². The highest BCUT2D eigenvalue weighted by atomic mass is 16.6. The maximum absolute atomic E-state index is 11.4. The zero-order valence-corrected chi connectivity index (χ0v) is 9.79. The maximum Gasteiger partial charge on any atom is 0.328 e. The van der Waals surface area contributed by atoms with Crippen LogP contribution in [-0.4, -0.2) is 23.5 Å². The first-order valence-corrected chi connectivity index (χ1v) is 4.89. The van der Waals surface area contributed by atoms with Gasteiger partial charge in [-0.3, -0.25) is 4.79 Å². The Labute approximate surface area is 90.7 Å². The molecule has 4 nitrogen and oxygen atoms in total. The molecule has 0 aliphatic carbocycles. The predicted molar refractivity (Wildman–Crippen MR) is 58.3 cm³/mol. The van der Waals surface area contributed by atoms with Crippen LogP contribution in [0.4, 0.5) is 0 Å². The van der Waals surface area contributed by atoms with Gasteiger partial charge in [-0.1, -0.05) is 6.08 Å². The Morgan fingerprint density at radius 2 is 2.00 bits per heavy atom. The Kier molecular flexibility index (Phi) is 5.05. The van der Waals surface area contributed by atoms with Crippen molar-refractivity contribution in [1.82, 2.24) is 5.32 Å². The Morgan fingerprint density at radius 1 is 1.47 bits per heavy atom. The minimum atomic E-state index is -0.628. The largest absolute Gasteiger partial charge is 0.458 e. The van der Waals surface area contributed by atoms with Crippen LogP contribution in [0.25, 0.3) is 0 Å². The topological polar surface area (TPSA) is 55.4 Å². The first-order valence-electron chi connectivity index (χ1n) is 4.89. The summed E-state index contributed by atoms with van der Waals surface area (Å²) >= 11 is 0. The van der Waals surface area contributed by atoms with E-state index < -0.39 is 17.6 Å². The second-order valence-corrected chi connectivity index (χ2v) is 4.32. The molecule has 0 radical (unpaired) electrons. The first-order chi connectivity index (χ1) is 6.76. The van der Waals surface area contributed by atoms with E-state index in [1.807, 2.05) is 0 Å². The summed E-state index contributed by atoms with van der Waals surface area (Å²) in [6.07, 6.45) is 1.68. The second kappa shape index (κ2) is 5.53. The summed E-state index contributed by atoms with van der Waals surface area (Å²) in [6, 6.07) is -0.628. The minimum absolute atomic E-state index is 0.202. The molecule has 0 aromatic rings. The third kappa shape index (κ3) is 6.71. The quantitative estimate of drug-likeness (QED) is 0.567. The molecule has 0 rings (SSSR count). The van der Waals surface area contributed by atoms with Crippen LogP contribution in [0.2, 0.25) is 0 Å². The molecule has 86 valence electrons. The van der Waals surface area contributed by atoms with Crippen molar-refractivity contribution in [2.45, 2.75) is 45.8 Å². The second-order valence-electron chi connectivity index (χ2n) is 4.32. The number of hydrogen-bond acceptors (Lipinski definition) is 3. The number of carbonyl (C=O) groups excluding carboxylic acids is 2. The van der Waals surface area contributed by atoms with Gasteiger partial charge in [-0.15, -0.1) is 6.58 Å². The molecule has 0 saturated carbocycles. The summed E-state index contributed by atoms with van der Waals surface area (Å²) in [5, 5.41) is 2.52. The molecule has 1 N–H and O–H groups in total. The van der Waals surface area contributed by atoms with Gasteiger partial charge in [-0.05, 0) is 27.7 Å². The SMILES string of the molecule is C=CCC(=O)N[C@H](C)C(=O)OC(C)(C)C. The van der Waals surface area contributed by atoms with E-state index in [1.165, 1.54) is 6.08 Å². The predicted octanol–water partition coefficient (Wildman–Crippen LogP) is 1.41. The molecule has 0 bridgehead atoms. The minimum Gasteiger partial charge on any atom is -0.458 e. The van der Waals surface area contributed by atoms with Crippen molar-refractivity contribution in [3.8, 4) is 0 Å². The summed E-state index contributed by atoms with van der Waals surface area (Å²) in [5.74, 6) is -0.664. The summed E-state index contributed by atoms with van der Waals surface area (Å²) in [6.45, 7) is 10.4. The smallest absolute Gasteiger partial charge is 0.328 e. The molecular formula is C11H19NO3. The van der Waals surface area contributed by atoms with E-state index in [2.05, 4.69) is 11.9 Å². The Balaban J connectivity index is 4.10. The number of esters is 1. The third-order valence-electron chi connectivity index (χ3n) is 1.47. The molecule has 0 aliphatic rings. The van der Waals surface area contributed by atoms with E-state index in [0.29, 0.717) is 0 Å². The highest BCUT2D eigenvalue weighted by Crippen LogP contribution is 2.08. The number of rotatable bonds is 4. The lowest BCUT2D eigenvalue weighted by Crippen LogP contribution is -2.41. The van der Waals surface area contributed by atoms with Crippen molar-refractivity contribution in [1.29, 1.82) is 0 Å². The van der Waals surface area contributed by atoms with Gasteiger partial charge in [0.25, 0.3) is 0 Å². The van der Waals surface area contributed by atoms with Crippen LogP contribution in [-0.2, 0) is 14.3 Å². The Hall–Kier alpha value is -1.32. The standard InChI is InChI=1S/C11H19NO3/c1-6-7-9(13)12-8(2)10(14)15-11(3,4)5/h6,8H,1,7H2,2-5H3,(H,12,13)/t8-/m1/s1. The molecule has 1 atom stereocenters. The number of amides is 1. The van der Waals surface area contributed by atoms with Crippen LogP contribution in [0.3, 0.4) is 0 Å². The molecule has 0 aromatic carbocycles. The van der Waals surface area contributed by atoms with E-state index in [4.69, 9.17) is 4.74 Å². The van der Waals surface area contributed by atoms with E-state index >= 15 is 0 Å². The molecular weight excluding hydrogens is 194 g/mol. The van der Waals surface area contributed by atoms with Gasteiger partial charge >= 0.3 is 5.97 Å². The van der Waals surface area contributed by atoms with Gasteiger partial charge in [0.1, 0.15) is 11.6 Å². The molecule has 0 aliphatic heterocycles. The van der Waals surface area contributed by atoms with Crippen LogP contribution in [0.1, 0.15) is 34.1 Å². The first kappa shape index (κ1) is 13.7. The van der Waals surface area contributed by atoms with E-state index in [9.17, 15) is 9.59 Å². The lowest BCUT2D eigenvalue weighted by molar-refractivity contribution is -0.158. The average molecular weight is 213 g/mol. The molecule has 0 heterocycles. The maximum atomic E-state index is 11.4. The van der Waals surface area contributed by atoms with Crippen molar-refractivity contribution in [2.24, 2.45) is 0 Å². The van der Waals surface area contributed by atoms with Gasteiger partial charge in [0.05, 0.1) is 0 Å². The van der Waals surface area contributed by atoms with Gasteiger partial charge in [-0.2, -0.15) is 0 Å². The van der Waals surface area contributed by atoms with Crippen molar-refractivity contribution < 1.29 is 14.3 Å². The molecule has 0 saturated heterocycles. The van der Waals surface area contributed by atoms with Gasteiger partial charge in [0.2, 0.25) is 5.91 Å². The monoisotopic (exact) mass is 213 g/mol. The highest BCUT2D eigenvalue weighted by Gasteiger charge is 2.22. The highest BCUT2D eigenvalue weighted by molar-refractivity contribution is 5.84. The zero-order valence-electron chi connectivity index (χ0n) is 9.79. The molecule has 0 spiro atoms. The van der Waals surface area contributed by atoms with E-state index in [-0.39, 0.29) is 12.3 Å². The lowest BCUT2D eigenvalue weighted by Gasteiger charge is -2.22. The fraction of sp³-hybridized carbons (Fsp3) is 0.636. The normalized spacial score (nSPS) is 12.8. The summed E-state index contributed by atoms with van der Waals surface area (Å²) < 4.78 is 5.10. The van der Waals surface area contributed by atoms with Crippen LogP contribution in [0.15, 0.2) is 12.7 Å². The molecule has 0 unspecified atom stereocenters. The summed E-state index contributed by atoms with van der Waals surface area (Å²) in [5.41, 5.74) is -0.533. The van der Waals surface area contributed by atoms with Crippen molar-refractivity contribution in [3.05, 3.63) is 12.7 Å². The molecule has 0 aromatic heterocycles. The number of nitrogens with one attached hydrogen (secondary N) is 1. The number of ether oxygens (including phenoxy) is 1. The molecule has 1 amide bonds. The average Bonchev–Trinajstić information content (AvgIpc) is 2.00. The zero-order chi connectivity index (χ0) is 12.1. The number of carbonyl (C=O) groups is 2. The van der Waals surface area contributed by atoms with E-state index in [1.54, 1.807) is 27.7 Å². The van der Waals surface area contributed by atoms with Gasteiger partial charge < -0.3 is 10.1 Å². The van der Waals surface area contributed by atoms with E-state index in [0.717, 1.165) is 0 Å². The van der Waals surface area contributed by atoms with Gasteiger partial charge in [-0.25, -0.2) is 4.79 Å². The molecule has 4 heteroatoms. The molecule has 15 heavy (non-hydrogen) atoms. The summed E-state index contributed by atoms with van der Waals surface area (Å²) in [7, 11) is 0. The van der Waals surface area contributed by atoms with Crippen LogP contribution >= 0.6 is 0 Å². The van der Waals surface area contributed by atoms with Crippen molar-refractivity contribution in [3.63, 3.8) is 0 Å². The van der Waals surface area contributed by atoms with Crippen LogP contribution in [0, 0.1) is 0 Å². The number of hydrogen-bond donors (Lipinski definition) is 1. The van der Waals surface area contributed by atoms with Crippen LogP contribution in [0.5, 0.6) is 0 Å². The molecule has 0 fully saturated rings. The Bertz CT molecular complexity index is 253. The summed E-state index contributed by atoms with van der Waals surface area (Å²) in [4.78, 5) is 22.6. The lowest BCUT2D eigenvalue weighted by atomic mass is 10.2. The fourth-order valence-electron chi connectivity index (χ4n) is 0.881. The van der Waals surface area contributed by atoms with Crippen molar-refractivity contribution >= 4 is 11.9 Å². The Morgan fingerprint density at radius 3 is 2.40 bits per heavy atom.